The van der Waals surface area contributed by atoms with Crippen molar-refractivity contribution in [2.24, 2.45) is 0 Å². The Kier molecular flexibility index (Phi) is 7.61. The minimum Gasteiger partial charge on any atom is -0.297 e. The topological polar surface area (TPSA) is 47.6 Å². The van der Waals surface area contributed by atoms with Crippen molar-refractivity contribution in [3.63, 3.8) is 0 Å². The van der Waals surface area contributed by atoms with Gasteiger partial charge in [-0.3, -0.25) is 9.05 Å². The Hall–Kier alpha value is -0.670. The Labute approximate surface area is 128 Å². The minimum absolute atomic E-state index is 0.297. The van der Waals surface area contributed by atoms with Gasteiger partial charge >= 0.3 is 7.75 Å². The summed E-state index contributed by atoms with van der Waals surface area (Å²) in [6.45, 7) is 8.42. The van der Waals surface area contributed by atoms with Gasteiger partial charge in [0.1, 0.15) is 0 Å². The highest BCUT2D eigenvalue weighted by atomic mass is 31.2. The fourth-order valence-electron chi connectivity index (χ4n) is 2.25. The zero-order valence-electron chi connectivity index (χ0n) is 13.6. The van der Waals surface area contributed by atoms with Gasteiger partial charge < -0.3 is 0 Å². The number of nitrogens with one attached hydrogen (secondary N) is 1. The van der Waals surface area contributed by atoms with E-state index >= 15 is 0 Å². The molecule has 1 rings (SSSR count). The van der Waals surface area contributed by atoms with Crippen LogP contribution >= 0.6 is 7.75 Å². The molecule has 0 unspecified atom stereocenters. The van der Waals surface area contributed by atoms with Gasteiger partial charge in [0.15, 0.2) is 0 Å². The summed E-state index contributed by atoms with van der Waals surface area (Å²) in [5.41, 5.74) is 1.03. The molecule has 0 amide bonds. The first-order chi connectivity index (χ1) is 9.91. The van der Waals surface area contributed by atoms with E-state index in [2.05, 4.69) is 29.4 Å². The molecule has 4 nitrogen and oxygen atoms in total. The molecule has 0 aliphatic rings. The molecule has 5 heteroatoms. The average molecular weight is 313 g/mol. The third kappa shape index (κ3) is 7.23. The van der Waals surface area contributed by atoms with Gasteiger partial charge in [-0.05, 0) is 52.5 Å². The summed E-state index contributed by atoms with van der Waals surface area (Å²) in [6.07, 6.45) is 2.92. The lowest BCUT2D eigenvalue weighted by Gasteiger charge is -2.30. The van der Waals surface area contributed by atoms with E-state index in [4.69, 9.17) is 9.05 Å². The van der Waals surface area contributed by atoms with E-state index < -0.39 is 7.75 Å². The molecule has 0 aliphatic carbocycles. The van der Waals surface area contributed by atoms with Crippen molar-refractivity contribution in [1.29, 1.82) is 0 Å². The van der Waals surface area contributed by atoms with E-state index in [1.165, 1.54) is 5.56 Å². The van der Waals surface area contributed by atoms with Crippen LogP contribution in [0, 0.1) is 0 Å². The Morgan fingerprint density at radius 1 is 1.10 bits per heavy atom. The van der Waals surface area contributed by atoms with Crippen LogP contribution in [0.5, 0.6) is 0 Å². The van der Waals surface area contributed by atoms with E-state index in [9.17, 15) is 4.57 Å². The fourth-order valence-corrected chi connectivity index (χ4v) is 3.98. The molecule has 1 N–H and O–H groups in total. The lowest BCUT2D eigenvalue weighted by molar-refractivity contribution is 0.197. The number of aryl methyl sites for hydroxylation is 1. The second-order valence-electron chi connectivity index (χ2n) is 5.67. The molecule has 0 fully saturated rings. The molecule has 0 radical (unpaired) electrons. The van der Waals surface area contributed by atoms with Crippen LogP contribution in [-0.4, -0.2) is 18.8 Å². The lowest BCUT2D eigenvalue weighted by Crippen LogP contribution is -2.38. The third-order valence-electron chi connectivity index (χ3n) is 3.15. The summed E-state index contributed by atoms with van der Waals surface area (Å²) in [6, 6.07) is 10.4. The van der Waals surface area contributed by atoms with Crippen LogP contribution in [0.1, 0.15) is 46.1 Å². The van der Waals surface area contributed by atoms with Crippen LogP contribution in [0.2, 0.25) is 0 Å². The highest BCUT2D eigenvalue weighted by Crippen LogP contribution is 2.46. The van der Waals surface area contributed by atoms with Crippen molar-refractivity contribution in [1.82, 2.24) is 5.09 Å². The number of hydrogen-bond donors (Lipinski definition) is 1. The standard InChI is InChI=1S/C16H28NO3P/c1-5-19-21(18,20-6-2)17-16(3,4)14-10-13-15-11-8-7-9-12-15/h7-9,11-12H,5-6,10,13-14H2,1-4H3,(H,17,18). The molecule has 0 saturated heterocycles. The molecular formula is C16H28NO3P. The Morgan fingerprint density at radius 3 is 2.19 bits per heavy atom. The molecule has 0 heterocycles. The van der Waals surface area contributed by atoms with E-state index in [1.54, 1.807) is 0 Å². The van der Waals surface area contributed by atoms with Crippen LogP contribution in [-0.2, 0) is 20.0 Å². The summed E-state index contributed by atoms with van der Waals surface area (Å²) in [5.74, 6) is 0. The maximum atomic E-state index is 12.5. The van der Waals surface area contributed by atoms with E-state index in [-0.39, 0.29) is 5.54 Å². The van der Waals surface area contributed by atoms with Crippen molar-refractivity contribution in [2.45, 2.75) is 52.5 Å². The number of hydrogen-bond acceptors (Lipinski definition) is 3. The van der Waals surface area contributed by atoms with Gasteiger partial charge in [0.2, 0.25) is 0 Å². The molecule has 120 valence electrons. The molecule has 1 aromatic carbocycles. The lowest BCUT2D eigenvalue weighted by atomic mass is 9.97. The normalized spacial score (nSPS) is 12.6. The highest BCUT2D eigenvalue weighted by Gasteiger charge is 2.31. The number of rotatable bonds is 10. The molecule has 0 aromatic heterocycles. The summed E-state index contributed by atoms with van der Waals surface area (Å²) in [5, 5.41) is 3.07. The van der Waals surface area contributed by atoms with Gasteiger partial charge in [-0.1, -0.05) is 30.3 Å². The van der Waals surface area contributed by atoms with Crippen LogP contribution in [0.3, 0.4) is 0 Å². The zero-order chi connectivity index (χ0) is 15.8. The van der Waals surface area contributed by atoms with Crippen molar-refractivity contribution < 1.29 is 13.6 Å². The third-order valence-corrected chi connectivity index (χ3v) is 5.22. The SMILES string of the molecule is CCOP(=O)(NC(C)(C)CCCc1ccccc1)OCC. The van der Waals surface area contributed by atoms with Crippen LogP contribution < -0.4 is 5.09 Å². The summed E-state index contributed by atoms with van der Waals surface area (Å²) in [4.78, 5) is 0. The summed E-state index contributed by atoms with van der Waals surface area (Å²) in [7, 11) is -3.20. The Morgan fingerprint density at radius 2 is 1.67 bits per heavy atom. The molecule has 1 aromatic rings. The van der Waals surface area contributed by atoms with E-state index in [0.29, 0.717) is 13.2 Å². The highest BCUT2D eigenvalue weighted by molar-refractivity contribution is 7.51. The predicted molar refractivity (Wildman–Crippen MR) is 87.5 cm³/mol. The van der Waals surface area contributed by atoms with Crippen LogP contribution in [0.15, 0.2) is 30.3 Å². The molecular weight excluding hydrogens is 285 g/mol. The van der Waals surface area contributed by atoms with Gasteiger partial charge in [-0.2, -0.15) is 0 Å². The van der Waals surface area contributed by atoms with Crippen molar-refractivity contribution in [3.05, 3.63) is 35.9 Å². The molecule has 0 atom stereocenters. The summed E-state index contributed by atoms with van der Waals surface area (Å²) < 4.78 is 23.1. The first kappa shape index (κ1) is 18.4. The smallest absolute Gasteiger partial charge is 0.297 e. The first-order valence-corrected chi connectivity index (χ1v) is 9.17. The molecule has 0 spiro atoms. The Bertz CT molecular complexity index is 438. The number of benzene rings is 1. The first-order valence-electron chi connectivity index (χ1n) is 7.63. The van der Waals surface area contributed by atoms with Crippen molar-refractivity contribution in [3.8, 4) is 0 Å². The predicted octanol–water partition coefficient (Wildman–Crippen LogP) is 4.56. The van der Waals surface area contributed by atoms with Crippen molar-refractivity contribution >= 4 is 7.75 Å². The fraction of sp³-hybridized carbons (Fsp3) is 0.625. The molecule has 0 saturated carbocycles. The van der Waals surface area contributed by atoms with Gasteiger partial charge in [0.25, 0.3) is 0 Å². The van der Waals surface area contributed by atoms with E-state index in [1.807, 2.05) is 33.8 Å². The van der Waals surface area contributed by atoms with Gasteiger partial charge in [-0.15, -0.1) is 0 Å². The van der Waals surface area contributed by atoms with Gasteiger partial charge in [-0.25, -0.2) is 9.65 Å². The molecule has 21 heavy (non-hydrogen) atoms. The maximum Gasteiger partial charge on any atom is 0.405 e. The largest absolute Gasteiger partial charge is 0.405 e. The van der Waals surface area contributed by atoms with Gasteiger partial charge in [0, 0.05) is 5.54 Å². The monoisotopic (exact) mass is 313 g/mol. The maximum absolute atomic E-state index is 12.5. The second kappa shape index (κ2) is 8.70. The van der Waals surface area contributed by atoms with Crippen molar-refractivity contribution in [2.75, 3.05) is 13.2 Å². The average Bonchev–Trinajstić information content (AvgIpc) is 2.39. The van der Waals surface area contributed by atoms with Gasteiger partial charge in [0.05, 0.1) is 13.2 Å². The summed E-state index contributed by atoms with van der Waals surface area (Å²) >= 11 is 0. The molecule has 0 aliphatic heterocycles. The quantitative estimate of drug-likeness (QED) is 0.643. The van der Waals surface area contributed by atoms with Crippen LogP contribution in [0.4, 0.5) is 0 Å². The minimum atomic E-state index is -3.20. The van der Waals surface area contributed by atoms with E-state index in [0.717, 1.165) is 19.3 Å². The second-order valence-corrected chi connectivity index (χ2v) is 7.40. The zero-order valence-corrected chi connectivity index (χ0v) is 14.5. The Balaban J connectivity index is 2.49. The van der Waals surface area contributed by atoms with Crippen LogP contribution in [0.25, 0.3) is 0 Å². The molecule has 0 bridgehead atoms.